The van der Waals surface area contributed by atoms with Crippen molar-refractivity contribution in [2.24, 2.45) is 0 Å². The van der Waals surface area contributed by atoms with E-state index in [9.17, 15) is 9.59 Å². The molecule has 6 nitrogen and oxygen atoms in total. The number of pyridine rings is 1. The quantitative estimate of drug-likeness (QED) is 0.497. The molecule has 0 saturated heterocycles. The number of hydrogen-bond donors (Lipinski definition) is 0. The van der Waals surface area contributed by atoms with E-state index in [0.29, 0.717) is 35.2 Å². The van der Waals surface area contributed by atoms with Gasteiger partial charge in [0.05, 0.1) is 23.7 Å². The van der Waals surface area contributed by atoms with Crippen molar-refractivity contribution in [3.63, 3.8) is 0 Å². The number of halogens is 1. The lowest BCUT2D eigenvalue weighted by Gasteiger charge is -2.23. The average molecular weight is 425 g/mol. The van der Waals surface area contributed by atoms with Gasteiger partial charge < -0.3 is 14.4 Å². The van der Waals surface area contributed by atoms with Gasteiger partial charge in [-0.1, -0.05) is 23.7 Å². The van der Waals surface area contributed by atoms with Crippen molar-refractivity contribution in [1.29, 1.82) is 0 Å². The Balaban J connectivity index is 1.80. The first-order valence-electron chi connectivity index (χ1n) is 9.42. The summed E-state index contributed by atoms with van der Waals surface area (Å²) in [5, 5.41) is 0.435. The van der Waals surface area contributed by atoms with Crippen LogP contribution in [-0.2, 0) is 16.1 Å². The average Bonchev–Trinajstić information content (AvgIpc) is 2.78. The molecule has 0 radical (unpaired) electrons. The second-order valence-corrected chi connectivity index (χ2v) is 6.73. The van der Waals surface area contributed by atoms with Crippen LogP contribution in [0.3, 0.4) is 0 Å². The first-order valence-corrected chi connectivity index (χ1v) is 9.80. The molecule has 0 bridgehead atoms. The standard InChI is InChI=1S/C23H21ClN2O4/c1-2-29-23(28)18-7-9-19(10-8-18)26(15-17-11-13-25-14-12-17)22(27)16-30-21-6-4-3-5-20(21)24/h3-14H,2,15-16H2,1H3. The van der Waals surface area contributed by atoms with Crippen molar-refractivity contribution in [3.05, 3.63) is 89.2 Å². The molecule has 1 amide bonds. The van der Waals surface area contributed by atoms with E-state index in [-0.39, 0.29) is 12.5 Å². The van der Waals surface area contributed by atoms with E-state index in [4.69, 9.17) is 21.1 Å². The molecule has 0 aliphatic rings. The summed E-state index contributed by atoms with van der Waals surface area (Å²) >= 11 is 6.11. The number of anilines is 1. The van der Waals surface area contributed by atoms with Gasteiger partial charge in [-0.3, -0.25) is 9.78 Å². The number of amides is 1. The van der Waals surface area contributed by atoms with Crippen LogP contribution in [0.15, 0.2) is 73.1 Å². The fourth-order valence-electron chi connectivity index (χ4n) is 2.77. The third kappa shape index (κ3) is 5.58. The zero-order valence-electron chi connectivity index (χ0n) is 16.5. The van der Waals surface area contributed by atoms with Gasteiger partial charge in [0.2, 0.25) is 0 Å². The summed E-state index contributed by atoms with van der Waals surface area (Å²) in [7, 11) is 0. The van der Waals surface area contributed by atoms with E-state index in [1.165, 1.54) is 0 Å². The van der Waals surface area contributed by atoms with Crippen LogP contribution in [0, 0.1) is 0 Å². The summed E-state index contributed by atoms with van der Waals surface area (Å²) in [5.74, 6) is -0.220. The van der Waals surface area contributed by atoms with Gasteiger partial charge in [0, 0.05) is 18.1 Å². The van der Waals surface area contributed by atoms with Gasteiger partial charge >= 0.3 is 5.97 Å². The van der Waals surface area contributed by atoms with Crippen LogP contribution in [0.5, 0.6) is 5.75 Å². The lowest BCUT2D eigenvalue weighted by molar-refractivity contribution is -0.120. The second kappa shape index (κ2) is 10.4. The largest absolute Gasteiger partial charge is 0.482 e. The highest BCUT2D eigenvalue weighted by Crippen LogP contribution is 2.24. The fraction of sp³-hybridized carbons (Fsp3) is 0.174. The van der Waals surface area contributed by atoms with Crippen LogP contribution in [0.25, 0.3) is 0 Å². The number of para-hydroxylation sites is 1. The van der Waals surface area contributed by atoms with Gasteiger partial charge in [-0.05, 0) is 61.0 Å². The molecule has 3 rings (SSSR count). The molecule has 0 unspecified atom stereocenters. The smallest absolute Gasteiger partial charge is 0.338 e. The highest BCUT2D eigenvalue weighted by atomic mass is 35.5. The van der Waals surface area contributed by atoms with Crippen LogP contribution >= 0.6 is 11.6 Å². The number of carbonyl (C=O) groups excluding carboxylic acids is 2. The first-order chi connectivity index (χ1) is 14.6. The van der Waals surface area contributed by atoms with Gasteiger partial charge in [-0.25, -0.2) is 4.79 Å². The fourth-order valence-corrected chi connectivity index (χ4v) is 2.96. The lowest BCUT2D eigenvalue weighted by Crippen LogP contribution is -2.34. The molecular formula is C23H21ClN2O4. The third-order valence-corrected chi connectivity index (χ3v) is 4.58. The maximum absolute atomic E-state index is 13.0. The van der Waals surface area contributed by atoms with E-state index in [0.717, 1.165) is 5.56 Å². The van der Waals surface area contributed by atoms with Gasteiger partial charge in [0.1, 0.15) is 5.75 Å². The summed E-state index contributed by atoms with van der Waals surface area (Å²) in [6.07, 6.45) is 3.34. The summed E-state index contributed by atoms with van der Waals surface area (Å²) in [6, 6.07) is 17.3. The Bertz CT molecular complexity index is 994. The molecule has 0 aliphatic carbocycles. The molecule has 154 valence electrons. The molecular weight excluding hydrogens is 404 g/mol. The number of hydrogen-bond acceptors (Lipinski definition) is 5. The van der Waals surface area contributed by atoms with Crippen molar-refractivity contribution in [3.8, 4) is 5.75 Å². The monoisotopic (exact) mass is 424 g/mol. The molecule has 0 fully saturated rings. The number of esters is 1. The summed E-state index contributed by atoms with van der Waals surface area (Å²) in [5.41, 5.74) is 1.96. The Morgan fingerprint density at radius 3 is 2.37 bits per heavy atom. The minimum atomic E-state index is -0.405. The molecule has 2 aromatic carbocycles. The molecule has 3 aromatic rings. The number of benzene rings is 2. The Hall–Kier alpha value is -3.38. The molecule has 0 aliphatic heterocycles. The first kappa shape index (κ1) is 21.3. The summed E-state index contributed by atoms with van der Waals surface area (Å²) in [4.78, 5) is 30.5. The molecule has 0 saturated carbocycles. The SMILES string of the molecule is CCOC(=O)c1ccc(N(Cc2ccncc2)C(=O)COc2ccccc2Cl)cc1. The van der Waals surface area contributed by atoms with Crippen molar-refractivity contribution in [2.75, 3.05) is 18.1 Å². The number of ether oxygens (including phenoxy) is 2. The van der Waals surface area contributed by atoms with Crippen LogP contribution in [0.2, 0.25) is 5.02 Å². The van der Waals surface area contributed by atoms with Crippen molar-refractivity contribution >= 4 is 29.2 Å². The van der Waals surface area contributed by atoms with Gasteiger partial charge in [-0.15, -0.1) is 0 Å². The number of aromatic nitrogens is 1. The van der Waals surface area contributed by atoms with E-state index in [1.807, 2.05) is 12.1 Å². The Kier molecular flexibility index (Phi) is 7.40. The van der Waals surface area contributed by atoms with Crippen LogP contribution in [0.1, 0.15) is 22.8 Å². The third-order valence-electron chi connectivity index (χ3n) is 4.27. The summed E-state index contributed by atoms with van der Waals surface area (Å²) in [6.45, 7) is 2.19. The van der Waals surface area contributed by atoms with E-state index < -0.39 is 5.97 Å². The van der Waals surface area contributed by atoms with Gasteiger partial charge in [-0.2, -0.15) is 0 Å². The van der Waals surface area contributed by atoms with Gasteiger partial charge in [0.25, 0.3) is 5.91 Å². The molecule has 0 atom stereocenters. The van der Waals surface area contributed by atoms with E-state index >= 15 is 0 Å². The van der Waals surface area contributed by atoms with Crippen molar-refractivity contribution in [1.82, 2.24) is 4.98 Å². The maximum Gasteiger partial charge on any atom is 0.338 e. The predicted octanol–water partition coefficient (Wildman–Crippen LogP) is 4.52. The maximum atomic E-state index is 13.0. The molecule has 0 spiro atoms. The van der Waals surface area contributed by atoms with Crippen molar-refractivity contribution in [2.45, 2.75) is 13.5 Å². The van der Waals surface area contributed by atoms with E-state index in [1.54, 1.807) is 72.7 Å². The minimum absolute atomic E-state index is 0.186. The Labute approximate surface area is 180 Å². The molecule has 7 heteroatoms. The topological polar surface area (TPSA) is 68.7 Å². The van der Waals surface area contributed by atoms with Crippen LogP contribution < -0.4 is 9.64 Å². The number of rotatable bonds is 8. The zero-order valence-corrected chi connectivity index (χ0v) is 17.2. The highest BCUT2D eigenvalue weighted by molar-refractivity contribution is 6.32. The second-order valence-electron chi connectivity index (χ2n) is 6.32. The summed E-state index contributed by atoms with van der Waals surface area (Å²) < 4.78 is 10.6. The number of carbonyl (C=O) groups is 2. The van der Waals surface area contributed by atoms with E-state index in [2.05, 4.69) is 4.98 Å². The zero-order chi connectivity index (χ0) is 21.3. The van der Waals surface area contributed by atoms with Crippen LogP contribution in [-0.4, -0.2) is 30.1 Å². The molecule has 30 heavy (non-hydrogen) atoms. The van der Waals surface area contributed by atoms with Crippen LogP contribution in [0.4, 0.5) is 5.69 Å². The molecule has 1 aromatic heterocycles. The molecule has 0 N–H and O–H groups in total. The molecule has 1 heterocycles. The Morgan fingerprint density at radius 1 is 1.00 bits per heavy atom. The predicted molar refractivity (Wildman–Crippen MR) is 115 cm³/mol. The van der Waals surface area contributed by atoms with Gasteiger partial charge in [0.15, 0.2) is 6.61 Å². The lowest BCUT2D eigenvalue weighted by atomic mass is 10.1. The van der Waals surface area contributed by atoms with Crippen molar-refractivity contribution < 1.29 is 19.1 Å². The minimum Gasteiger partial charge on any atom is -0.482 e. The highest BCUT2D eigenvalue weighted by Gasteiger charge is 2.18. The number of nitrogens with zero attached hydrogens (tertiary/aromatic N) is 2. The Morgan fingerprint density at radius 2 is 1.70 bits per heavy atom. The normalized spacial score (nSPS) is 10.3.